The van der Waals surface area contributed by atoms with Crippen molar-refractivity contribution in [2.75, 3.05) is 11.1 Å². The topological polar surface area (TPSA) is 59.8 Å². The molecule has 2 aromatic carbocycles. The molecule has 0 fully saturated rings. The van der Waals surface area contributed by atoms with E-state index in [1.807, 2.05) is 35.9 Å². The monoisotopic (exact) mass is 514 g/mol. The Kier molecular flexibility index (Phi) is 7.99. The van der Waals surface area contributed by atoms with Gasteiger partial charge < -0.3 is 9.88 Å². The quantitative estimate of drug-likeness (QED) is 0.400. The fourth-order valence-electron chi connectivity index (χ4n) is 2.37. The number of aromatic nitrogens is 3. The van der Waals surface area contributed by atoms with Crippen molar-refractivity contribution in [2.24, 2.45) is 7.05 Å². The molecule has 0 radical (unpaired) electrons. The maximum absolute atomic E-state index is 13.8. The van der Waals surface area contributed by atoms with Gasteiger partial charge in [-0.2, -0.15) is 0 Å². The van der Waals surface area contributed by atoms with Crippen molar-refractivity contribution in [3.8, 4) is 0 Å². The van der Waals surface area contributed by atoms with Gasteiger partial charge in [-0.05, 0) is 29.8 Å². The highest BCUT2D eigenvalue weighted by Gasteiger charge is 2.13. The molecule has 0 aliphatic heterocycles. The fraction of sp³-hybridized carbons (Fsp3) is 0.211. The highest BCUT2D eigenvalue weighted by atomic mass is 79.9. The molecule has 0 aliphatic rings. The number of anilines is 1. The highest BCUT2D eigenvalue weighted by molar-refractivity contribution is 9.10. The molecule has 0 spiro atoms. The lowest BCUT2D eigenvalue weighted by molar-refractivity contribution is -0.113. The molecule has 3 aromatic rings. The number of nitrogens with zero attached hydrogens (tertiary/aromatic N) is 3. The summed E-state index contributed by atoms with van der Waals surface area (Å²) in [5.74, 6) is 1.56. The van der Waals surface area contributed by atoms with Gasteiger partial charge in [-0.25, -0.2) is 4.39 Å². The predicted octanol–water partition coefficient (Wildman–Crippen LogP) is 5.53. The molecule has 3 rings (SSSR count). The first-order valence-corrected chi connectivity index (χ1v) is 11.8. The standard InChI is InChI=1S/C19H17BrClFN4OS2/c1-26-17(10-28-9-12-4-2-3-5-14(12)21)24-25-19(26)29-11-18(27)23-16-7-6-13(20)8-15(16)22/h2-8H,9-11H2,1H3,(H,23,27). The van der Waals surface area contributed by atoms with E-state index in [-0.39, 0.29) is 17.3 Å². The fourth-order valence-corrected chi connectivity index (χ4v) is 4.72. The summed E-state index contributed by atoms with van der Waals surface area (Å²) in [6.07, 6.45) is 0. The number of hydrogen-bond donors (Lipinski definition) is 1. The van der Waals surface area contributed by atoms with Crippen LogP contribution in [0.2, 0.25) is 5.02 Å². The summed E-state index contributed by atoms with van der Waals surface area (Å²) >= 11 is 12.3. The van der Waals surface area contributed by atoms with Gasteiger partial charge in [0, 0.05) is 22.3 Å². The van der Waals surface area contributed by atoms with Gasteiger partial charge in [0.2, 0.25) is 5.91 Å². The summed E-state index contributed by atoms with van der Waals surface area (Å²) in [7, 11) is 1.86. The average Bonchev–Trinajstić information content (AvgIpc) is 3.04. The second kappa shape index (κ2) is 10.5. The van der Waals surface area contributed by atoms with Crippen molar-refractivity contribution in [2.45, 2.75) is 16.7 Å². The van der Waals surface area contributed by atoms with Crippen molar-refractivity contribution in [3.63, 3.8) is 0 Å². The van der Waals surface area contributed by atoms with Crippen LogP contribution in [0.3, 0.4) is 0 Å². The maximum Gasteiger partial charge on any atom is 0.234 e. The van der Waals surface area contributed by atoms with E-state index in [0.29, 0.717) is 15.4 Å². The van der Waals surface area contributed by atoms with Crippen LogP contribution in [0.5, 0.6) is 0 Å². The number of thioether (sulfide) groups is 2. The number of hydrogen-bond acceptors (Lipinski definition) is 5. The van der Waals surface area contributed by atoms with Crippen LogP contribution < -0.4 is 5.32 Å². The Bertz CT molecular complexity index is 1020. The van der Waals surface area contributed by atoms with Gasteiger partial charge in [0.25, 0.3) is 0 Å². The molecule has 29 heavy (non-hydrogen) atoms. The summed E-state index contributed by atoms with van der Waals surface area (Å²) in [5.41, 5.74) is 1.22. The molecule has 0 saturated carbocycles. The summed E-state index contributed by atoms with van der Waals surface area (Å²) in [6.45, 7) is 0. The Morgan fingerprint density at radius 3 is 2.79 bits per heavy atom. The van der Waals surface area contributed by atoms with E-state index in [1.54, 1.807) is 17.8 Å². The second-order valence-electron chi connectivity index (χ2n) is 6.00. The van der Waals surface area contributed by atoms with Crippen molar-refractivity contribution in [1.82, 2.24) is 14.8 Å². The van der Waals surface area contributed by atoms with Crippen LogP contribution in [0, 0.1) is 5.82 Å². The van der Waals surface area contributed by atoms with E-state index >= 15 is 0 Å². The van der Waals surface area contributed by atoms with Crippen molar-refractivity contribution in [1.29, 1.82) is 0 Å². The predicted molar refractivity (Wildman–Crippen MR) is 121 cm³/mol. The van der Waals surface area contributed by atoms with Gasteiger partial charge in [-0.1, -0.05) is 57.5 Å². The Balaban J connectivity index is 1.50. The zero-order valence-corrected chi connectivity index (χ0v) is 19.3. The molecular weight excluding hydrogens is 499 g/mol. The SMILES string of the molecule is Cn1c(CSCc2ccccc2Cl)nnc1SCC(=O)Nc1ccc(Br)cc1F. The minimum absolute atomic E-state index is 0.105. The number of carbonyl (C=O) groups is 1. The van der Waals surface area contributed by atoms with Gasteiger partial charge in [-0.3, -0.25) is 4.79 Å². The lowest BCUT2D eigenvalue weighted by Gasteiger charge is -2.07. The molecule has 10 heteroatoms. The second-order valence-corrected chi connectivity index (χ2v) is 9.25. The first-order chi connectivity index (χ1) is 13.9. The normalized spacial score (nSPS) is 10.9. The van der Waals surface area contributed by atoms with Crippen LogP contribution >= 0.6 is 51.1 Å². The van der Waals surface area contributed by atoms with Crippen LogP contribution in [0.15, 0.2) is 52.1 Å². The number of benzene rings is 2. The largest absolute Gasteiger partial charge is 0.323 e. The molecule has 1 N–H and O–H groups in total. The third-order valence-corrected chi connectivity index (χ3v) is 6.77. The number of halogens is 3. The van der Waals surface area contributed by atoms with E-state index in [4.69, 9.17) is 11.6 Å². The van der Waals surface area contributed by atoms with Crippen LogP contribution in [0.4, 0.5) is 10.1 Å². The van der Waals surface area contributed by atoms with E-state index in [2.05, 4.69) is 31.4 Å². The average molecular weight is 516 g/mol. The molecule has 1 amide bonds. The van der Waals surface area contributed by atoms with Gasteiger partial charge >= 0.3 is 0 Å². The van der Waals surface area contributed by atoms with E-state index < -0.39 is 5.82 Å². The minimum Gasteiger partial charge on any atom is -0.323 e. The smallest absolute Gasteiger partial charge is 0.234 e. The summed E-state index contributed by atoms with van der Waals surface area (Å²) < 4.78 is 16.3. The zero-order valence-electron chi connectivity index (χ0n) is 15.4. The third kappa shape index (κ3) is 6.21. The molecule has 5 nitrogen and oxygen atoms in total. The number of amides is 1. The molecule has 1 aromatic heterocycles. The van der Waals surface area contributed by atoms with Crippen LogP contribution in [0.25, 0.3) is 0 Å². The van der Waals surface area contributed by atoms with Crippen LogP contribution in [-0.2, 0) is 23.3 Å². The van der Waals surface area contributed by atoms with E-state index in [9.17, 15) is 9.18 Å². The molecule has 0 unspecified atom stereocenters. The summed E-state index contributed by atoms with van der Waals surface area (Å²) in [6, 6.07) is 12.2. The van der Waals surface area contributed by atoms with Crippen molar-refractivity contribution < 1.29 is 9.18 Å². The van der Waals surface area contributed by atoms with Gasteiger partial charge in [0.05, 0.1) is 17.2 Å². The van der Waals surface area contributed by atoms with Crippen molar-refractivity contribution >= 4 is 62.6 Å². The number of carbonyl (C=O) groups excluding carboxylic acids is 1. The zero-order chi connectivity index (χ0) is 20.8. The van der Waals surface area contributed by atoms with Crippen LogP contribution in [-0.4, -0.2) is 26.4 Å². The third-order valence-electron chi connectivity index (χ3n) is 3.91. The summed E-state index contributed by atoms with van der Waals surface area (Å²) in [5, 5.41) is 12.3. The molecule has 0 atom stereocenters. The summed E-state index contributed by atoms with van der Waals surface area (Å²) in [4.78, 5) is 12.1. The Labute approximate surface area is 189 Å². The van der Waals surface area contributed by atoms with Gasteiger partial charge in [0.15, 0.2) is 5.16 Å². The molecule has 0 saturated heterocycles. The Morgan fingerprint density at radius 1 is 1.24 bits per heavy atom. The van der Waals surface area contributed by atoms with E-state index in [1.165, 1.54) is 23.9 Å². The number of rotatable bonds is 8. The van der Waals surface area contributed by atoms with Crippen LogP contribution in [0.1, 0.15) is 11.4 Å². The molecular formula is C19H17BrClFN4OS2. The maximum atomic E-state index is 13.8. The molecule has 0 aliphatic carbocycles. The Hall–Kier alpha value is -1.55. The Morgan fingerprint density at radius 2 is 2.03 bits per heavy atom. The van der Waals surface area contributed by atoms with Gasteiger partial charge in [-0.15, -0.1) is 22.0 Å². The van der Waals surface area contributed by atoms with Gasteiger partial charge in [0.1, 0.15) is 11.6 Å². The first-order valence-electron chi connectivity index (χ1n) is 8.51. The first kappa shape index (κ1) is 22.1. The lowest BCUT2D eigenvalue weighted by Crippen LogP contribution is -2.15. The molecule has 152 valence electrons. The minimum atomic E-state index is -0.491. The number of nitrogens with one attached hydrogen (secondary N) is 1. The lowest BCUT2D eigenvalue weighted by atomic mass is 10.2. The molecule has 0 bridgehead atoms. The highest BCUT2D eigenvalue weighted by Crippen LogP contribution is 2.24. The molecule has 1 heterocycles. The van der Waals surface area contributed by atoms with Crippen molar-refractivity contribution in [3.05, 3.63) is 69.2 Å². The van der Waals surface area contributed by atoms with E-state index in [0.717, 1.165) is 22.2 Å².